The summed E-state index contributed by atoms with van der Waals surface area (Å²) in [5.41, 5.74) is 1.51. The lowest BCUT2D eigenvalue weighted by Crippen LogP contribution is -2.16. The lowest BCUT2D eigenvalue weighted by Gasteiger charge is -2.11. The van der Waals surface area contributed by atoms with E-state index in [1.807, 2.05) is 42.5 Å². The van der Waals surface area contributed by atoms with Gasteiger partial charge in [0, 0.05) is 23.4 Å². The first-order valence-electron chi connectivity index (χ1n) is 8.29. The maximum absolute atomic E-state index is 12.0. The molecule has 5 heteroatoms. The van der Waals surface area contributed by atoms with Crippen molar-refractivity contribution < 1.29 is 14.3 Å². The lowest BCUT2D eigenvalue weighted by atomic mass is 10.2. The van der Waals surface area contributed by atoms with Crippen LogP contribution in [0.5, 0.6) is 5.75 Å². The maximum Gasteiger partial charge on any atom is 0.248 e. The van der Waals surface area contributed by atoms with Crippen molar-refractivity contribution in [2.75, 3.05) is 18.5 Å². The number of hydrogen-bond acceptors (Lipinski definition) is 3. The van der Waals surface area contributed by atoms with Gasteiger partial charge in [-0.2, -0.15) is 0 Å². The van der Waals surface area contributed by atoms with E-state index in [1.54, 1.807) is 12.1 Å². The Morgan fingerprint density at radius 2 is 2.04 bits per heavy atom. The molecular weight excluding hydrogens is 338 g/mol. The Balaban J connectivity index is 1.50. The van der Waals surface area contributed by atoms with Crippen LogP contribution >= 0.6 is 11.6 Å². The summed E-state index contributed by atoms with van der Waals surface area (Å²) in [7, 11) is 0. The molecule has 0 bridgehead atoms. The van der Waals surface area contributed by atoms with Gasteiger partial charge in [-0.3, -0.25) is 4.79 Å². The number of hydrogen-bond donors (Lipinski definition) is 1. The Morgan fingerprint density at radius 3 is 2.76 bits per heavy atom. The fourth-order valence-electron chi connectivity index (χ4n) is 2.56. The largest absolute Gasteiger partial charge is 0.491 e. The average Bonchev–Trinajstić information content (AvgIpc) is 3.14. The van der Waals surface area contributed by atoms with Gasteiger partial charge in [-0.25, -0.2) is 0 Å². The summed E-state index contributed by atoms with van der Waals surface area (Å²) < 4.78 is 11.2. The molecule has 0 aliphatic carbocycles. The smallest absolute Gasteiger partial charge is 0.248 e. The van der Waals surface area contributed by atoms with Crippen molar-refractivity contribution in [2.24, 2.45) is 0 Å². The van der Waals surface area contributed by atoms with E-state index in [2.05, 4.69) is 5.32 Å². The Labute approximate surface area is 152 Å². The third kappa shape index (κ3) is 5.34. The second kappa shape index (κ2) is 8.70. The second-order valence-corrected chi connectivity index (χ2v) is 6.22. The van der Waals surface area contributed by atoms with E-state index in [-0.39, 0.29) is 12.0 Å². The molecule has 0 aromatic heterocycles. The molecule has 0 saturated carbocycles. The number of ether oxygens (including phenoxy) is 2. The fourth-order valence-corrected chi connectivity index (χ4v) is 2.76. The molecule has 2 aromatic rings. The number of benzene rings is 2. The minimum absolute atomic E-state index is 0.189. The molecular formula is C20H20ClNO3. The van der Waals surface area contributed by atoms with Crippen LogP contribution in [0.3, 0.4) is 0 Å². The fraction of sp³-hybridized carbons (Fsp3) is 0.250. The van der Waals surface area contributed by atoms with Crippen LogP contribution in [0.25, 0.3) is 6.08 Å². The number of halogens is 1. The van der Waals surface area contributed by atoms with Crippen LogP contribution in [0, 0.1) is 0 Å². The molecule has 4 nitrogen and oxygen atoms in total. The van der Waals surface area contributed by atoms with Crippen LogP contribution in [0.4, 0.5) is 5.69 Å². The molecule has 25 heavy (non-hydrogen) atoms. The van der Waals surface area contributed by atoms with Gasteiger partial charge in [0.25, 0.3) is 0 Å². The van der Waals surface area contributed by atoms with Crippen molar-refractivity contribution in [3.63, 3.8) is 0 Å². The SMILES string of the molecule is O=C(C=Cc1ccccc1Cl)Nc1ccc(OCC2CCCO2)cc1. The topological polar surface area (TPSA) is 47.6 Å². The van der Waals surface area contributed by atoms with Gasteiger partial charge >= 0.3 is 0 Å². The third-order valence-corrected chi connectivity index (χ3v) is 4.25. The highest BCUT2D eigenvalue weighted by Gasteiger charge is 2.15. The molecule has 1 atom stereocenters. The van der Waals surface area contributed by atoms with Crippen molar-refractivity contribution >= 4 is 29.3 Å². The minimum atomic E-state index is -0.215. The van der Waals surface area contributed by atoms with Crippen molar-refractivity contribution in [2.45, 2.75) is 18.9 Å². The molecule has 0 spiro atoms. The third-order valence-electron chi connectivity index (χ3n) is 3.90. The molecule has 1 heterocycles. The van der Waals surface area contributed by atoms with Crippen LogP contribution in [0.2, 0.25) is 5.02 Å². The first-order chi connectivity index (χ1) is 12.2. The number of carbonyl (C=O) groups excluding carboxylic acids is 1. The Bertz CT molecular complexity index is 737. The maximum atomic E-state index is 12.0. The van der Waals surface area contributed by atoms with E-state index >= 15 is 0 Å². The van der Waals surface area contributed by atoms with Crippen molar-refractivity contribution in [3.05, 3.63) is 65.2 Å². The van der Waals surface area contributed by atoms with Gasteiger partial charge in [0.1, 0.15) is 12.4 Å². The van der Waals surface area contributed by atoms with E-state index in [9.17, 15) is 4.79 Å². The van der Waals surface area contributed by atoms with Crippen LogP contribution in [-0.2, 0) is 9.53 Å². The van der Waals surface area contributed by atoms with Gasteiger partial charge in [0.05, 0.1) is 6.10 Å². The predicted octanol–water partition coefficient (Wildman–Crippen LogP) is 4.55. The standard InChI is InChI=1S/C20H20ClNO3/c21-19-6-2-1-4-15(19)7-12-20(23)22-16-8-10-17(11-9-16)25-14-18-5-3-13-24-18/h1-2,4,6-12,18H,3,5,13-14H2,(H,22,23). The Morgan fingerprint density at radius 1 is 1.24 bits per heavy atom. The van der Waals surface area contributed by atoms with Gasteiger partial charge < -0.3 is 14.8 Å². The summed E-state index contributed by atoms with van der Waals surface area (Å²) in [6.07, 6.45) is 5.49. The number of amides is 1. The van der Waals surface area contributed by atoms with Crippen LogP contribution < -0.4 is 10.1 Å². The molecule has 1 fully saturated rings. The van der Waals surface area contributed by atoms with Gasteiger partial charge in [-0.05, 0) is 54.8 Å². The van der Waals surface area contributed by atoms with Crippen molar-refractivity contribution in [1.82, 2.24) is 0 Å². The lowest BCUT2D eigenvalue weighted by molar-refractivity contribution is -0.111. The van der Waals surface area contributed by atoms with Gasteiger partial charge in [-0.1, -0.05) is 29.8 Å². The summed E-state index contributed by atoms with van der Waals surface area (Å²) >= 11 is 6.06. The summed E-state index contributed by atoms with van der Waals surface area (Å²) in [4.78, 5) is 12.0. The van der Waals surface area contributed by atoms with Gasteiger partial charge in [0.15, 0.2) is 0 Å². The minimum Gasteiger partial charge on any atom is -0.491 e. The summed E-state index contributed by atoms with van der Waals surface area (Å²) in [5.74, 6) is 0.549. The van der Waals surface area contributed by atoms with E-state index in [1.165, 1.54) is 6.08 Å². The molecule has 1 aliphatic rings. The zero-order valence-corrected chi connectivity index (χ0v) is 14.5. The molecule has 1 amide bonds. The van der Waals surface area contributed by atoms with E-state index in [4.69, 9.17) is 21.1 Å². The van der Waals surface area contributed by atoms with Crippen molar-refractivity contribution in [3.8, 4) is 5.75 Å². The molecule has 3 rings (SSSR count). The van der Waals surface area contributed by atoms with Crippen LogP contribution in [0.1, 0.15) is 18.4 Å². The molecule has 1 aliphatic heterocycles. The van der Waals surface area contributed by atoms with Gasteiger partial charge in [-0.15, -0.1) is 0 Å². The predicted molar refractivity (Wildman–Crippen MR) is 100 cm³/mol. The van der Waals surface area contributed by atoms with Crippen molar-refractivity contribution in [1.29, 1.82) is 0 Å². The van der Waals surface area contributed by atoms with Crippen LogP contribution in [-0.4, -0.2) is 25.2 Å². The summed E-state index contributed by atoms with van der Waals surface area (Å²) in [6.45, 7) is 1.38. The highest BCUT2D eigenvalue weighted by atomic mass is 35.5. The molecule has 130 valence electrons. The first kappa shape index (κ1) is 17.5. The number of anilines is 1. The monoisotopic (exact) mass is 357 g/mol. The highest BCUT2D eigenvalue weighted by molar-refractivity contribution is 6.32. The van der Waals surface area contributed by atoms with Gasteiger partial charge in [0.2, 0.25) is 5.91 Å². The zero-order chi connectivity index (χ0) is 17.5. The molecule has 2 aromatic carbocycles. The molecule has 1 saturated heterocycles. The summed E-state index contributed by atoms with van der Waals surface area (Å²) in [6, 6.07) is 14.7. The highest BCUT2D eigenvalue weighted by Crippen LogP contribution is 2.19. The molecule has 1 N–H and O–H groups in total. The van der Waals surface area contributed by atoms with E-state index in [0.29, 0.717) is 17.3 Å². The number of rotatable bonds is 6. The quantitative estimate of drug-likeness (QED) is 0.771. The molecule has 1 unspecified atom stereocenters. The Hall–Kier alpha value is -2.30. The van der Waals surface area contributed by atoms with Crippen LogP contribution in [0.15, 0.2) is 54.6 Å². The summed E-state index contributed by atoms with van der Waals surface area (Å²) in [5, 5.41) is 3.42. The molecule has 0 radical (unpaired) electrons. The number of carbonyl (C=O) groups is 1. The van der Waals surface area contributed by atoms with E-state index in [0.717, 1.165) is 30.8 Å². The number of nitrogens with one attached hydrogen (secondary N) is 1. The first-order valence-corrected chi connectivity index (χ1v) is 8.66. The second-order valence-electron chi connectivity index (χ2n) is 5.81. The normalized spacial score (nSPS) is 16.9. The van der Waals surface area contributed by atoms with E-state index < -0.39 is 0 Å². The average molecular weight is 358 g/mol. The Kier molecular flexibility index (Phi) is 6.09. The zero-order valence-electron chi connectivity index (χ0n) is 13.8.